The first-order chi connectivity index (χ1) is 14.8. The maximum atomic E-state index is 10.8. The molecule has 4 aliphatic rings. The molecule has 2 N–H and O–H groups in total. The van der Waals surface area contributed by atoms with E-state index in [0.717, 1.165) is 67.3 Å². The fourth-order valence-electron chi connectivity index (χ4n) is 9.88. The van der Waals surface area contributed by atoms with Crippen molar-refractivity contribution in [1.82, 2.24) is 0 Å². The molecule has 0 saturated heterocycles. The van der Waals surface area contributed by atoms with Gasteiger partial charge in [-0.15, -0.1) is 6.58 Å². The van der Waals surface area contributed by atoms with E-state index in [1.165, 1.54) is 44.9 Å². The third kappa shape index (κ3) is 4.37. The first kappa shape index (κ1) is 24.8. The van der Waals surface area contributed by atoms with Crippen LogP contribution in [0.2, 0.25) is 0 Å². The molecule has 0 heterocycles. The maximum absolute atomic E-state index is 10.8. The molecule has 4 rings (SSSR count). The average Bonchev–Trinajstić information content (AvgIpc) is 3.03. The number of hydrogen-bond donors (Lipinski definition) is 2. The van der Waals surface area contributed by atoms with Crippen molar-refractivity contribution in [3.8, 4) is 0 Å². The van der Waals surface area contributed by atoms with Crippen LogP contribution in [-0.4, -0.2) is 21.4 Å². The highest BCUT2D eigenvalue weighted by molar-refractivity contribution is 5.10. The second kappa shape index (κ2) is 8.40. The molecule has 10 atom stereocenters. The molecule has 4 aliphatic carbocycles. The Morgan fingerprint density at radius 1 is 1.00 bits per heavy atom. The zero-order valence-corrected chi connectivity index (χ0v) is 22.1. The summed E-state index contributed by atoms with van der Waals surface area (Å²) in [6, 6.07) is 0. The van der Waals surface area contributed by atoms with E-state index >= 15 is 0 Å². The van der Waals surface area contributed by atoms with Gasteiger partial charge in [0.15, 0.2) is 0 Å². The van der Waals surface area contributed by atoms with E-state index in [4.69, 9.17) is 0 Å². The van der Waals surface area contributed by atoms with Crippen molar-refractivity contribution in [3.05, 3.63) is 12.2 Å². The lowest BCUT2D eigenvalue weighted by Gasteiger charge is -2.62. The van der Waals surface area contributed by atoms with Gasteiger partial charge >= 0.3 is 0 Å². The van der Waals surface area contributed by atoms with Crippen LogP contribution >= 0.6 is 0 Å². The molecule has 184 valence electrons. The molecular weight excluding hydrogens is 392 g/mol. The smallest absolute Gasteiger partial charge is 0.0656 e. The summed E-state index contributed by atoms with van der Waals surface area (Å²) in [5.41, 5.74) is 0.995. The first-order valence-corrected chi connectivity index (χ1v) is 13.9. The van der Waals surface area contributed by atoms with E-state index < -0.39 is 11.2 Å². The lowest BCUT2D eigenvalue weighted by atomic mass is 9.43. The largest absolute Gasteiger partial charge is 0.390 e. The molecule has 2 heteroatoms. The van der Waals surface area contributed by atoms with E-state index in [1.807, 2.05) is 13.8 Å². The van der Waals surface area contributed by atoms with E-state index in [9.17, 15) is 10.2 Å². The molecule has 4 fully saturated rings. The fourth-order valence-corrected chi connectivity index (χ4v) is 9.88. The topological polar surface area (TPSA) is 40.5 Å². The fraction of sp³-hybridized carbons (Fsp3) is 0.933. The van der Waals surface area contributed by atoms with Gasteiger partial charge in [0.1, 0.15) is 0 Å². The van der Waals surface area contributed by atoms with Gasteiger partial charge in [-0.05, 0) is 144 Å². The quantitative estimate of drug-likeness (QED) is 0.416. The third-order valence-electron chi connectivity index (χ3n) is 11.5. The summed E-state index contributed by atoms with van der Waals surface area (Å²) in [5.74, 6) is 4.90. The van der Waals surface area contributed by atoms with Gasteiger partial charge in [-0.25, -0.2) is 0 Å². The number of aliphatic hydroxyl groups is 2. The molecule has 0 spiro atoms. The van der Waals surface area contributed by atoms with Crippen LogP contribution in [0.3, 0.4) is 0 Å². The number of hydrogen-bond acceptors (Lipinski definition) is 2. The molecular formula is C30H52O2. The van der Waals surface area contributed by atoms with Gasteiger partial charge in [0.25, 0.3) is 0 Å². The molecule has 32 heavy (non-hydrogen) atoms. The van der Waals surface area contributed by atoms with Gasteiger partial charge < -0.3 is 10.2 Å². The Labute approximate surface area is 198 Å². The molecule has 0 aromatic rings. The molecule has 1 unspecified atom stereocenters. The zero-order valence-electron chi connectivity index (χ0n) is 22.1. The van der Waals surface area contributed by atoms with Gasteiger partial charge in [-0.3, -0.25) is 0 Å². The Morgan fingerprint density at radius 2 is 1.69 bits per heavy atom. The van der Waals surface area contributed by atoms with Gasteiger partial charge in [0.05, 0.1) is 11.2 Å². The first-order valence-electron chi connectivity index (χ1n) is 13.9. The third-order valence-corrected chi connectivity index (χ3v) is 11.5. The molecule has 0 aliphatic heterocycles. The second-order valence-corrected chi connectivity index (χ2v) is 14.2. The normalized spacial score (nSPS) is 48.8. The zero-order chi connectivity index (χ0) is 23.5. The summed E-state index contributed by atoms with van der Waals surface area (Å²) >= 11 is 0. The highest BCUT2D eigenvalue weighted by Gasteiger charge is 2.61. The maximum Gasteiger partial charge on any atom is 0.0656 e. The van der Waals surface area contributed by atoms with Crippen LogP contribution in [0.1, 0.15) is 119 Å². The predicted octanol–water partition coefficient (Wildman–Crippen LogP) is 7.53. The van der Waals surface area contributed by atoms with Crippen LogP contribution in [0.4, 0.5) is 0 Å². The predicted molar refractivity (Wildman–Crippen MR) is 134 cm³/mol. The Morgan fingerprint density at radius 3 is 2.38 bits per heavy atom. The Kier molecular flexibility index (Phi) is 6.50. The number of fused-ring (bicyclic) bond motifs is 5. The lowest BCUT2D eigenvalue weighted by molar-refractivity contribution is -0.148. The summed E-state index contributed by atoms with van der Waals surface area (Å²) in [6.45, 7) is 17.8. The highest BCUT2D eigenvalue weighted by atomic mass is 16.3. The summed E-state index contributed by atoms with van der Waals surface area (Å²) in [7, 11) is 0. The summed E-state index contributed by atoms with van der Waals surface area (Å²) in [4.78, 5) is 0. The van der Waals surface area contributed by atoms with Crippen molar-refractivity contribution in [2.45, 2.75) is 130 Å². The minimum atomic E-state index is -0.605. The van der Waals surface area contributed by atoms with Crippen LogP contribution < -0.4 is 0 Å². The standard InChI is InChI=1S/C30H52O2/c1-20(2)18-27(4,31)14-12-21(3)24-10-11-25-23-9-8-22-19-28(5,32)16-17-29(22,6)26(23)13-15-30(24,25)7/h21-26,31-32H,1,8-19H2,2-7H3/t21-,22+,23+,24-,25+,26+,27?,28+,29+,30-/m1/s1. The van der Waals surface area contributed by atoms with E-state index in [2.05, 4.69) is 34.3 Å². The van der Waals surface area contributed by atoms with Gasteiger partial charge in [-0.2, -0.15) is 0 Å². The van der Waals surface area contributed by atoms with Gasteiger partial charge in [0, 0.05) is 0 Å². The van der Waals surface area contributed by atoms with Gasteiger partial charge in [0.2, 0.25) is 0 Å². The minimum Gasteiger partial charge on any atom is -0.390 e. The monoisotopic (exact) mass is 444 g/mol. The molecule has 0 amide bonds. The molecule has 0 bridgehead atoms. The van der Waals surface area contributed by atoms with Crippen LogP contribution in [0.5, 0.6) is 0 Å². The van der Waals surface area contributed by atoms with Crippen molar-refractivity contribution in [2.75, 3.05) is 0 Å². The SMILES string of the molecule is C=C(C)CC(C)(O)CC[C@@H](C)[C@H]1CC[C@H]2[C@@H]3CC[C@H]4C[C@@](C)(O)CC[C@]4(C)[C@H]3CC[C@]12C. The Hall–Kier alpha value is -0.340. The molecule has 0 aromatic carbocycles. The van der Waals surface area contributed by atoms with Crippen LogP contribution in [0, 0.1) is 46.3 Å². The van der Waals surface area contributed by atoms with Crippen LogP contribution in [-0.2, 0) is 0 Å². The van der Waals surface area contributed by atoms with E-state index in [0.29, 0.717) is 16.7 Å². The van der Waals surface area contributed by atoms with Crippen molar-refractivity contribution >= 4 is 0 Å². The minimum absolute atomic E-state index is 0.431. The summed E-state index contributed by atoms with van der Waals surface area (Å²) < 4.78 is 0. The molecule has 4 saturated carbocycles. The van der Waals surface area contributed by atoms with Crippen LogP contribution in [0.25, 0.3) is 0 Å². The summed E-state index contributed by atoms with van der Waals surface area (Å²) in [5, 5.41) is 21.6. The van der Waals surface area contributed by atoms with Crippen molar-refractivity contribution in [3.63, 3.8) is 0 Å². The summed E-state index contributed by atoms with van der Waals surface area (Å²) in [6.07, 6.45) is 14.4. The average molecular weight is 445 g/mol. The van der Waals surface area contributed by atoms with Gasteiger partial charge in [-0.1, -0.05) is 26.3 Å². The van der Waals surface area contributed by atoms with E-state index in [-0.39, 0.29) is 0 Å². The molecule has 0 aromatic heterocycles. The molecule has 2 nitrogen and oxygen atoms in total. The van der Waals surface area contributed by atoms with Crippen molar-refractivity contribution in [2.24, 2.45) is 46.3 Å². The Bertz CT molecular complexity index is 708. The second-order valence-electron chi connectivity index (χ2n) is 14.2. The van der Waals surface area contributed by atoms with Crippen molar-refractivity contribution in [1.29, 1.82) is 0 Å². The van der Waals surface area contributed by atoms with Crippen LogP contribution in [0.15, 0.2) is 12.2 Å². The molecule has 0 radical (unpaired) electrons. The van der Waals surface area contributed by atoms with E-state index in [1.54, 1.807) is 0 Å². The number of rotatable bonds is 6. The highest BCUT2D eigenvalue weighted by Crippen LogP contribution is 2.68. The van der Waals surface area contributed by atoms with Crippen molar-refractivity contribution < 1.29 is 10.2 Å². The Balaban J connectivity index is 1.44. The lowest BCUT2D eigenvalue weighted by Crippen LogP contribution is -2.55.